The first-order valence-corrected chi connectivity index (χ1v) is 8.57. The molecule has 114 valence electrons. The molecule has 3 nitrogen and oxygen atoms in total. The van der Waals surface area contributed by atoms with Gasteiger partial charge < -0.3 is 9.47 Å². The molecule has 0 saturated carbocycles. The quantitative estimate of drug-likeness (QED) is 0.789. The second kappa shape index (κ2) is 6.30. The molecule has 0 aliphatic carbocycles. The topological polar surface area (TPSA) is 35.5 Å². The second-order valence-corrected chi connectivity index (χ2v) is 7.52. The number of thioether (sulfide) groups is 1. The summed E-state index contributed by atoms with van der Waals surface area (Å²) in [6.45, 7) is 0. The van der Waals surface area contributed by atoms with Gasteiger partial charge in [-0.05, 0) is 43.9 Å². The molecule has 2 fully saturated rings. The summed E-state index contributed by atoms with van der Waals surface area (Å²) in [6, 6.07) is 5.50. The van der Waals surface area contributed by atoms with Crippen molar-refractivity contribution in [3.63, 3.8) is 0 Å². The Morgan fingerprint density at radius 1 is 1.10 bits per heavy atom. The van der Waals surface area contributed by atoms with Crippen LogP contribution in [-0.2, 0) is 0 Å². The number of rotatable bonds is 4. The fourth-order valence-corrected chi connectivity index (χ4v) is 5.34. The molecule has 0 radical (unpaired) electrons. The molecule has 2 aliphatic rings. The third-order valence-corrected chi connectivity index (χ3v) is 6.20. The minimum Gasteiger partial charge on any atom is -0.493 e. The lowest BCUT2D eigenvalue weighted by atomic mass is 9.84. The molecule has 1 aromatic carbocycles. The molecule has 2 bridgehead atoms. The molecule has 1 aromatic rings. The summed E-state index contributed by atoms with van der Waals surface area (Å²) >= 11 is 2.11. The van der Waals surface area contributed by atoms with Crippen molar-refractivity contribution in [3.05, 3.63) is 23.8 Å². The highest BCUT2D eigenvalue weighted by Gasteiger charge is 2.36. The normalized spacial score (nSPS) is 28.0. The van der Waals surface area contributed by atoms with Crippen molar-refractivity contribution in [3.8, 4) is 11.5 Å². The maximum Gasteiger partial charge on any atom is 0.166 e. The summed E-state index contributed by atoms with van der Waals surface area (Å²) in [5.74, 6) is 1.76. The summed E-state index contributed by atoms with van der Waals surface area (Å²) in [4.78, 5) is 12.8. The van der Waals surface area contributed by atoms with Gasteiger partial charge in [0.1, 0.15) is 0 Å². The minimum atomic E-state index is 0.180. The standard InChI is InChI=1S/C17H22O3S/c1-19-15-7-6-11(10-16(15)20-2)17(18)12-8-13-4-3-5-14(9-12)21-13/h6-7,10,12-14H,3-5,8-9H2,1-2H3. The van der Waals surface area contributed by atoms with Crippen LogP contribution in [0.3, 0.4) is 0 Å². The highest BCUT2D eigenvalue weighted by Crippen LogP contribution is 2.45. The number of methoxy groups -OCH3 is 2. The maximum atomic E-state index is 12.8. The molecule has 0 spiro atoms. The van der Waals surface area contributed by atoms with Crippen LogP contribution in [0.15, 0.2) is 18.2 Å². The van der Waals surface area contributed by atoms with Gasteiger partial charge in [-0.25, -0.2) is 0 Å². The first-order valence-electron chi connectivity index (χ1n) is 7.63. The second-order valence-electron chi connectivity index (χ2n) is 5.91. The first kappa shape index (κ1) is 14.8. The predicted molar refractivity (Wildman–Crippen MR) is 85.6 cm³/mol. The Hall–Kier alpha value is -1.16. The number of Topliss-reactive ketones (excluding diaryl/α,β-unsaturated/α-hetero) is 1. The van der Waals surface area contributed by atoms with E-state index in [0.29, 0.717) is 22.0 Å². The van der Waals surface area contributed by atoms with E-state index < -0.39 is 0 Å². The van der Waals surface area contributed by atoms with Crippen molar-refractivity contribution in [1.82, 2.24) is 0 Å². The van der Waals surface area contributed by atoms with Crippen molar-refractivity contribution < 1.29 is 14.3 Å². The molecule has 2 aliphatic heterocycles. The fraction of sp³-hybridized carbons (Fsp3) is 0.588. The van der Waals surface area contributed by atoms with Crippen LogP contribution in [-0.4, -0.2) is 30.5 Å². The molecule has 2 saturated heterocycles. The van der Waals surface area contributed by atoms with Crippen LogP contribution in [0.1, 0.15) is 42.5 Å². The van der Waals surface area contributed by atoms with Crippen LogP contribution in [0, 0.1) is 5.92 Å². The van der Waals surface area contributed by atoms with Crippen molar-refractivity contribution in [2.75, 3.05) is 14.2 Å². The van der Waals surface area contributed by atoms with Crippen LogP contribution >= 0.6 is 11.8 Å². The minimum absolute atomic E-state index is 0.180. The highest BCUT2D eigenvalue weighted by atomic mass is 32.2. The molecule has 0 amide bonds. The summed E-state index contributed by atoms with van der Waals surface area (Å²) in [7, 11) is 3.21. The number of hydrogen-bond donors (Lipinski definition) is 0. The Labute approximate surface area is 130 Å². The Kier molecular flexibility index (Phi) is 4.43. The van der Waals surface area contributed by atoms with Gasteiger partial charge in [0, 0.05) is 22.0 Å². The average Bonchev–Trinajstić information content (AvgIpc) is 2.53. The van der Waals surface area contributed by atoms with Gasteiger partial charge in [0.2, 0.25) is 0 Å². The van der Waals surface area contributed by atoms with Gasteiger partial charge in [0.25, 0.3) is 0 Å². The van der Waals surface area contributed by atoms with E-state index >= 15 is 0 Å². The monoisotopic (exact) mass is 306 g/mol. The van der Waals surface area contributed by atoms with Crippen LogP contribution in [0.4, 0.5) is 0 Å². The number of ketones is 1. The SMILES string of the molecule is COc1ccc(C(=O)C2CC3CCCC(C2)S3)cc1OC. The summed E-state index contributed by atoms with van der Waals surface area (Å²) < 4.78 is 10.5. The van der Waals surface area contributed by atoms with E-state index in [-0.39, 0.29) is 11.7 Å². The van der Waals surface area contributed by atoms with Crippen molar-refractivity contribution >= 4 is 17.5 Å². The van der Waals surface area contributed by atoms with E-state index in [1.807, 2.05) is 18.2 Å². The Bertz CT molecular complexity index is 517. The number of fused-ring (bicyclic) bond motifs is 2. The zero-order valence-electron chi connectivity index (χ0n) is 12.6. The fourth-order valence-electron chi connectivity index (χ4n) is 3.50. The number of ether oxygens (including phenoxy) is 2. The summed E-state index contributed by atoms with van der Waals surface area (Å²) in [5, 5.41) is 1.37. The smallest absolute Gasteiger partial charge is 0.166 e. The molecule has 21 heavy (non-hydrogen) atoms. The molecular formula is C17H22O3S. The lowest BCUT2D eigenvalue weighted by Gasteiger charge is -2.38. The summed E-state index contributed by atoms with van der Waals surface area (Å²) in [6.07, 6.45) is 5.95. The molecule has 0 N–H and O–H groups in total. The number of hydrogen-bond acceptors (Lipinski definition) is 4. The van der Waals surface area contributed by atoms with Crippen LogP contribution in [0.5, 0.6) is 11.5 Å². The van der Waals surface area contributed by atoms with E-state index in [0.717, 1.165) is 18.4 Å². The van der Waals surface area contributed by atoms with Crippen molar-refractivity contribution in [1.29, 1.82) is 0 Å². The third-order valence-electron chi connectivity index (χ3n) is 4.57. The average molecular weight is 306 g/mol. The third kappa shape index (κ3) is 3.05. The van der Waals surface area contributed by atoms with Gasteiger partial charge in [0.05, 0.1) is 14.2 Å². The largest absolute Gasteiger partial charge is 0.493 e. The van der Waals surface area contributed by atoms with Gasteiger partial charge in [0.15, 0.2) is 17.3 Å². The van der Waals surface area contributed by atoms with Crippen LogP contribution in [0.2, 0.25) is 0 Å². The Morgan fingerprint density at radius 3 is 2.38 bits per heavy atom. The zero-order valence-corrected chi connectivity index (χ0v) is 13.4. The molecular weight excluding hydrogens is 284 g/mol. The highest BCUT2D eigenvalue weighted by molar-refractivity contribution is 8.00. The molecule has 2 atom stereocenters. The lowest BCUT2D eigenvalue weighted by molar-refractivity contribution is 0.0896. The Morgan fingerprint density at radius 2 is 1.76 bits per heavy atom. The molecule has 2 heterocycles. The van der Waals surface area contributed by atoms with Crippen LogP contribution < -0.4 is 9.47 Å². The molecule has 2 unspecified atom stereocenters. The van der Waals surface area contributed by atoms with E-state index in [2.05, 4.69) is 11.8 Å². The lowest BCUT2D eigenvalue weighted by Crippen LogP contribution is -2.32. The van der Waals surface area contributed by atoms with Gasteiger partial charge in [-0.3, -0.25) is 4.79 Å². The molecule has 3 rings (SSSR count). The van der Waals surface area contributed by atoms with E-state index in [4.69, 9.17) is 9.47 Å². The van der Waals surface area contributed by atoms with Crippen LogP contribution in [0.25, 0.3) is 0 Å². The number of carbonyl (C=O) groups is 1. The van der Waals surface area contributed by atoms with Gasteiger partial charge >= 0.3 is 0 Å². The van der Waals surface area contributed by atoms with Crippen molar-refractivity contribution in [2.24, 2.45) is 5.92 Å². The van der Waals surface area contributed by atoms with Gasteiger partial charge in [-0.15, -0.1) is 0 Å². The van der Waals surface area contributed by atoms with E-state index in [1.54, 1.807) is 14.2 Å². The molecule has 4 heteroatoms. The molecule has 0 aromatic heterocycles. The Balaban J connectivity index is 1.78. The number of carbonyl (C=O) groups excluding carboxylic acids is 1. The van der Waals surface area contributed by atoms with E-state index in [1.165, 1.54) is 19.3 Å². The first-order chi connectivity index (χ1) is 10.2. The van der Waals surface area contributed by atoms with Crippen molar-refractivity contribution in [2.45, 2.75) is 42.6 Å². The predicted octanol–water partition coefficient (Wildman–Crippen LogP) is 3.95. The van der Waals surface area contributed by atoms with Gasteiger partial charge in [-0.2, -0.15) is 11.8 Å². The maximum absolute atomic E-state index is 12.8. The number of benzene rings is 1. The van der Waals surface area contributed by atoms with E-state index in [9.17, 15) is 4.79 Å². The zero-order chi connectivity index (χ0) is 14.8. The van der Waals surface area contributed by atoms with Gasteiger partial charge in [-0.1, -0.05) is 6.42 Å². The summed E-state index contributed by atoms with van der Waals surface area (Å²) in [5.41, 5.74) is 0.752.